The Hall–Kier alpha value is -2.29. The second kappa shape index (κ2) is 6.91. The number of carbonyl (C=O) groups excluding carboxylic acids is 1. The highest BCUT2D eigenvalue weighted by atomic mass is 19.4. The summed E-state index contributed by atoms with van der Waals surface area (Å²) in [6.45, 7) is 0.0707. The minimum atomic E-state index is -4.40. The predicted molar refractivity (Wildman–Crippen MR) is 83.8 cm³/mol. The van der Waals surface area contributed by atoms with Gasteiger partial charge in [-0.2, -0.15) is 13.2 Å². The van der Waals surface area contributed by atoms with E-state index < -0.39 is 30.3 Å². The molecule has 0 aliphatic carbocycles. The van der Waals surface area contributed by atoms with Crippen molar-refractivity contribution in [3.8, 4) is 0 Å². The highest BCUT2D eigenvalue weighted by Crippen LogP contribution is 2.20. The van der Waals surface area contributed by atoms with Crippen molar-refractivity contribution in [2.75, 3.05) is 19.6 Å². The summed E-state index contributed by atoms with van der Waals surface area (Å²) in [5.74, 6) is -1.45. The average molecular weight is 357 g/mol. The first-order valence-electron chi connectivity index (χ1n) is 7.99. The maximum Gasteiger partial charge on any atom is 0.421 e. The van der Waals surface area contributed by atoms with Gasteiger partial charge >= 0.3 is 11.9 Å². The molecule has 1 amide bonds. The lowest BCUT2D eigenvalue weighted by molar-refractivity contribution is -0.141. The van der Waals surface area contributed by atoms with Crippen LogP contribution in [0.2, 0.25) is 0 Å². The molecule has 25 heavy (non-hydrogen) atoms. The molecule has 1 fully saturated rings. The number of aromatic nitrogens is 1. The Labute approximate surface area is 141 Å². The standard InChI is InChI=1S/C16H18F3N3O3/c17-16(18,19)9-20-14(23)11-5-7-21(8-6-11)10-22-12-3-1-2-4-13(12)25-15(22)24/h1-4,11H,5-10H2,(H,20,23). The number of likely N-dealkylation sites (tertiary alicyclic amines) is 1. The predicted octanol–water partition coefficient (Wildman–Crippen LogP) is 1.94. The Morgan fingerprint density at radius 3 is 2.60 bits per heavy atom. The van der Waals surface area contributed by atoms with Gasteiger partial charge in [0.1, 0.15) is 6.54 Å². The van der Waals surface area contributed by atoms with Crippen molar-refractivity contribution in [3.63, 3.8) is 0 Å². The number of alkyl halides is 3. The molecule has 0 spiro atoms. The smallest absolute Gasteiger partial charge is 0.408 e. The second-order valence-electron chi connectivity index (χ2n) is 6.13. The van der Waals surface area contributed by atoms with Crippen molar-refractivity contribution in [2.24, 2.45) is 5.92 Å². The van der Waals surface area contributed by atoms with E-state index in [9.17, 15) is 22.8 Å². The normalized spacial score (nSPS) is 17.1. The highest BCUT2D eigenvalue weighted by Gasteiger charge is 2.31. The molecule has 0 unspecified atom stereocenters. The molecular weight excluding hydrogens is 339 g/mol. The van der Waals surface area contributed by atoms with E-state index in [1.807, 2.05) is 16.3 Å². The molecule has 1 aromatic heterocycles. The van der Waals surface area contributed by atoms with Crippen LogP contribution in [0.3, 0.4) is 0 Å². The number of nitrogens with one attached hydrogen (secondary N) is 1. The summed E-state index contributed by atoms with van der Waals surface area (Å²) in [5.41, 5.74) is 1.20. The summed E-state index contributed by atoms with van der Waals surface area (Å²) in [7, 11) is 0. The van der Waals surface area contributed by atoms with E-state index >= 15 is 0 Å². The SMILES string of the molecule is O=C(NCC(F)(F)F)C1CCN(Cn2c(=O)oc3ccccc32)CC1. The molecule has 9 heteroatoms. The van der Waals surface area contributed by atoms with Crippen LogP contribution in [-0.2, 0) is 11.5 Å². The van der Waals surface area contributed by atoms with E-state index in [0.717, 1.165) is 0 Å². The first-order valence-corrected chi connectivity index (χ1v) is 7.99. The van der Waals surface area contributed by atoms with Crippen LogP contribution in [0.4, 0.5) is 13.2 Å². The van der Waals surface area contributed by atoms with Gasteiger partial charge < -0.3 is 9.73 Å². The Bertz CT molecular complexity index is 804. The van der Waals surface area contributed by atoms with Crippen LogP contribution in [0.5, 0.6) is 0 Å². The van der Waals surface area contributed by atoms with Gasteiger partial charge in [0.2, 0.25) is 5.91 Å². The van der Waals surface area contributed by atoms with E-state index in [2.05, 4.69) is 0 Å². The molecule has 6 nitrogen and oxygen atoms in total. The molecule has 3 rings (SSSR count). The fraction of sp³-hybridized carbons (Fsp3) is 0.500. The fourth-order valence-corrected chi connectivity index (χ4v) is 3.02. The van der Waals surface area contributed by atoms with Crippen molar-refractivity contribution < 1.29 is 22.4 Å². The minimum Gasteiger partial charge on any atom is -0.408 e. The van der Waals surface area contributed by atoms with Crippen molar-refractivity contribution >= 4 is 17.0 Å². The zero-order valence-corrected chi connectivity index (χ0v) is 13.4. The molecule has 0 atom stereocenters. The summed E-state index contributed by atoms with van der Waals surface area (Å²) in [6.07, 6.45) is -3.50. The van der Waals surface area contributed by atoms with Crippen molar-refractivity contribution in [1.29, 1.82) is 0 Å². The molecule has 136 valence electrons. The zero-order valence-electron chi connectivity index (χ0n) is 13.4. The second-order valence-corrected chi connectivity index (χ2v) is 6.13. The average Bonchev–Trinajstić information content (AvgIpc) is 2.88. The third kappa shape index (κ3) is 4.22. The summed E-state index contributed by atoms with van der Waals surface area (Å²) < 4.78 is 43.2. The molecule has 2 aromatic rings. The minimum absolute atomic E-state index is 0.326. The van der Waals surface area contributed by atoms with Crippen LogP contribution in [-0.4, -0.2) is 41.2 Å². The van der Waals surface area contributed by atoms with Gasteiger partial charge in [-0.05, 0) is 25.0 Å². The Balaban J connectivity index is 1.57. The number of piperidine rings is 1. The van der Waals surface area contributed by atoms with E-state index in [0.29, 0.717) is 43.7 Å². The van der Waals surface area contributed by atoms with Gasteiger partial charge in [0, 0.05) is 19.0 Å². The van der Waals surface area contributed by atoms with Crippen LogP contribution in [0.15, 0.2) is 33.5 Å². The molecule has 0 saturated carbocycles. The number of amides is 1. The van der Waals surface area contributed by atoms with Gasteiger partial charge in [0.05, 0.1) is 12.2 Å². The summed E-state index contributed by atoms with van der Waals surface area (Å²) in [6, 6.07) is 7.09. The number of hydrogen-bond donors (Lipinski definition) is 1. The lowest BCUT2D eigenvalue weighted by atomic mass is 9.96. The highest BCUT2D eigenvalue weighted by molar-refractivity contribution is 5.78. The Kier molecular flexibility index (Phi) is 4.85. The van der Waals surface area contributed by atoms with Crippen LogP contribution in [0, 0.1) is 5.92 Å². The molecule has 1 saturated heterocycles. The maximum absolute atomic E-state index is 12.2. The van der Waals surface area contributed by atoms with Crippen LogP contribution < -0.4 is 11.1 Å². The quantitative estimate of drug-likeness (QED) is 0.908. The van der Waals surface area contributed by atoms with Crippen molar-refractivity contribution in [2.45, 2.75) is 25.7 Å². The third-order valence-corrected chi connectivity index (χ3v) is 4.34. The number of oxazole rings is 1. The maximum atomic E-state index is 12.2. The van der Waals surface area contributed by atoms with Gasteiger partial charge in [-0.15, -0.1) is 0 Å². The van der Waals surface area contributed by atoms with Crippen molar-refractivity contribution in [1.82, 2.24) is 14.8 Å². The first-order chi connectivity index (χ1) is 11.8. The topological polar surface area (TPSA) is 67.5 Å². The van der Waals surface area contributed by atoms with Gasteiger partial charge in [0.15, 0.2) is 5.58 Å². The first kappa shape index (κ1) is 17.5. The number of halogens is 3. The number of hydrogen-bond acceptors (Lipinski definition) is 4. The molecule has 1 aliphatic rings. The number of fused-ring (bicyclic) bond motifs is 1. The lowest BCUT2D eigenvalue weighted by Gasteiger charge is -2.31. The molecule has 1 aromatic carbocycles. The summed E-state index contributed by atoms with van der Waals surface area (Å²) >= 11 is 0. The number of nitrogens with zero attached hydrogens (tertiary/aromatic N) is 2. The summed E-state index contributed by atoms with van der Waals surface area (Å²) in [4.78, 5) is 25.7. The monoisotopic (exact) mass is 357 g/mol. The number of benzene rings is 1. The van der Waals surface area contributed by atoms with E-state index in [1.165, 1.54) is 4.57 Å². The van der Waals surface area contributed by atoms with E-state index in [-0.39, 0.29) is 0 Å². The Morgan fingerprint density at radius 2 is 1.92 bits per heavy atom. The van der Waals surface area contributed by atoms with E-state index in [4.69, 9.17) is 4.42 Å². The molecule has 0 radical (unpaired) electrons. The molecule has 2 heterocycles. The third-order valence-electron chi connectivity index (χ3n) is 4.34. The van der Waals surface area contributed by atoms with Crippen LogP contribution in [0.1, 0.15) is 12.8 Å². The zero-order chi connectivity index (χ0) is 18.0. The molecule has 1 N–H and O–H groups in total. The number of carbonyl (C=O) groups is 1. The van der Waals surface area contributed by atoms with E-state index in [1.54, 1.807) is 18.2 Å². The number of rotatable bonds is 4. The van der Waals surface area contributed by atoms with Gasteiger partial charge in [-0.25, -0.2) is 4.79 Å². The summed E-state index contributed by atoms with van der Waals surface area (Å²) in [5, 5.41) is 1.93. The van der Waals surface area contributed by atoms with Crippen molar-refractivity contribution in [3.05, 3.63) is 34.8 Å². The lowest BCUT2D eigenvalue weighted by Crippen LogP contribution is -2.43. The molecule has 0 bridgehead atoms. The number of para-hydroxylation sites is 2. The van der Waals surface area contributed by atoms with Gasteiger partial charge in [-0.3, -0.25) is 14.3 Å². The van der Waals surface area contributed by atoms with Crippen LogP contribution >= 0.6 is 0 Å². The fourth-order valence-electron chi connectivity index (χ4n) is 3.02. The van der Waals surface area contributed by atoms with Gasteiger partial charge in [-0.1, -0.05) is 12.1 Å². The largest absolute Gasteiger partial charge is 0.421 e. The van der Waals surface area contributed by atoms with Gasteiger partial charge in [0.25, 0.3) is 0 Å². The van der Waals surface area contributed by atoms with Crippen LogP contribution in [0.25, 0.3) is 11.1 Å². The Morgan fingerprint density at radius 1 is 1.24 bits per heavy atom. The molecule has 1 aliphatic heterocycles. The molecular formula is C16H18F3N3O3.